The van der Waals surface area contributed by atoms with Crippen LogP contribution >= 0.6 is 22.7 Å². The highest BCUT2D eigenvalue weighted by Gasteiger charge is 2.21. The van der Waals surface area contributed by atoms with E-state index in [4.69, 9.17) is 10.7 Å². The molecule has 0 fully saturated rings. The molecule has 0 aliphatic heterocycles. The van der Waals surface area contributed by atoms with Crippen LogP contribution < -0.4 is 5.73 Å². The normalized spacial score (nSPS) is 9.34. The highest BCUT2D eigenvalue weighted by molar-refractivity contribution is 7.87. The Morgan fingerprint density at radius 2 is 1.53 bits per heavy atom. The smallest absolute Gasteiger partial charge is 0.253 e. The van der Waals surface area contributed by atoms with Crippen LogP contribution in [0.3, 0.4) is 0 Å². The maximum absolute atomic E-state index is 12.9. The Hall–Kier alpha value is -5.38. The number of anilines is 1. The molecule has 0 aliphatic rings. The van der Waals surface area contributed by atoms with Gasteiger partial charge in [0.05, 0.1) is 16.5 Å². The van der Waals surface area contributed by atoms with Gasteiger partial charge in [0.2, 0.25) is 0 Å². The number of amides is 1. The zero-order valence-electron chi connectivity index (χ0n) is 26.9. The first-order valence-electron chi connectivity index (χ1n) is 13.9. The number of rotatable bonds is 7. The van der Waals surface area contributed by atoms with Gasteiger partial charge in [0.1, 0.15) is 19.7 Å². The van der Waals surface area contributed by atoms with E-state index in [2.05, 4.69) is 103 Å². The third kappa shape index (κ3) is 12.5. The minimum absolute atomic E-state index is 0.0523. The molecule has 0 aliphatic carbocycles. The van der Waals surface area contributed by atoms with Gasteiger partial charge < -0.3 is 10.6 Å². The summed E-state index contributed by atoms with van der Waals surface area (Å²) in [6, 6.07) is 9.45. The predicted octanol–water partition coefficient (Wildman–Crippen LogP) is 9.08. The van der Waals surface area contributed by atoms with Crippen LogP contribution in [0.5, 0.6) is 0 Å². The summed E-state index contributed by atoms with van der Waals surface area (Å²) in [4.78, 5) is 23.8. The van der Waals surface area contributed by atoms with Gasteiger partial charge >= 0.3 is 0 Å². The number of hydrogen-bond acceptors (Lipinski definition) is 7. The first-order valence-corrected chi connectivity index (χ1v) is 16.9. The van der Waals surface area contributed by atoms with Crippen molar-refractivity contribution >= 4 is 55.3 Å². The van der Waals surface area contributed by atoms with Crippen LogP contribution in [0.15, 0.2) is 137 Å². The molecule has 1 unspecified atom stereocenters. The van der Waals surface area contributed by atoms with Gasteiger partial charge in [0.15, 0.2) is 0 Å². The van der Waals surface area contributed by atoms with Gasteiger partial charge in [0, 0.05) is 42.4 Å². The van der Waals surface area contributed by atoms with Crippen molar-refractivity contribution in [2.75, 3.05) is 25.6 Å². The molecular weight excluding hydrogens is 641 g/mol. The SMILES string of the molecule is C=C=C=C.C=C=C=C=C.C=C=C=C=C=C.CCCCS(=O)c1sc2nc(-c3nccs3)cc(-c3ccc(C(=O)N(C)C)cc3)c2c1N. The molecule has 1 amide bonds. The van der Waals surface area contributed by atoms with E-state index in [-0.39, 0.29) is 5.91 Å². The summed E-state index contributed by atoms with van der Waals surface area (Å²) in [6.07, 6.45) is 3.61. The number of thiazole rings is 1. The Kier molecular flexibility index (Phi) is 18.7. The molecule has 3 heterocycles. The molecular formula is C38H36N4O2S3. The second-order valence-corrected chi connectivity index (χ2v) is 12.7. The molecule has 0 spiro atoms. The molecule has 1 aromatic carbocycles. The average Bonchev–Trinajstić information content (AvgIpc) is 3.75. The average molecular weight is 677 g/mol. The molecule has 4 aromatic rings. The van der Waals surface area contributed by atoms with Crippen LogP contribution in [0.2, 0.25) is 0 Å². The molecule has 2 N–H and O–H groups in total. The largest absolute Gasteiger partial charge is 0.396 e. The molecule has 0 radical (unpaired) electrons. The lowest BCUT2D eigenvalue weighted by Crippen LogP contribution is -2.21. The number of thiophene rings is 1. The van der Waals surface area contributed by atoms with Crippen LogP contribution in [0.4, 0.5) is 5.69 Å². The molecule has 3 aromatic heterocycles. The van der Waals surface area contributed by atoms with Crippen molar-refractivity contribution in [2.45, 2.75) is 24.0 Å². The van der Waals surface area contributed by atoms with Crippen molar-refractivity contribution in [2.24, 2.45) is 0 Å². The second-order valence-electron chi connectivity index (χ2n) is 8.99. The minimum Gasteiger partial charge on any atom is -0.396 e. The Balaban J connectivity index is 0.000000616. The molecule has 238 valence electrons. The molecule has 1 atom stereocenters. The van der Waals surface area contributed by atoms with Gasteiger partial charge in [0.25, 0.3) is 5.91 Å². The molecule has 9 heteroatoms. The number of unbranched alkanes of at least 4 members (excludes halogenated alkanes) is 1. The van der Waals surface area contributed by atoms with Crippen LogP contribution in [-0.2, 0) is 10.8 Å². The van der Waals surface area contributed by atoms with E-state index >= 15 is 0 Å². The van der Waals surface area contributed by atoms with Gasteiger partial charge in [-0.1, -0.05) is 59.9 Å². The van der Waals surface area contributed by atoms with E-state index in [1.54, 1.807) is 25.2 Å². The number of carbonyl (C=O) groups is 1. The molecule has 47 heavy (non-hydrogen) atoms. The van der Waals surface area contributed by atoms with E-state index < -0.39 is 10.8 Å². The summed E-state index contributed by atoms with van der Waals surface area (Å²) in [7, 11) is 2.30. The Labute approximate surface area is 287 Å². The van der Waals surface area contributed by atoms with Gasteiger partial charge in [-0.15, -0.1) is 22.7 Å². The number of fused-ring (bicyclic) bond motifs is 1. The van der Waals surface area contributed by atoms with Crippen LogP contribution in [-0.4, -0.2) is 44.8 Å². The van der Waals surface area contributed by atoms with Crippen molar-refractivity contribution in [1.29, 1.82) is 0 Å². The van der Waals surface area contributed by atoms with Gasteiger partial charge in [-0.3, -0.25) is 9.00 Å². The first-order chi connectivity index (χ1) is 22.6. The predicted molar refractivity (Wildman–Crippen MR) is 200 cm³/mol. The second kappa shape index (κ2) is 22.2. The number of hydrogen-bond donors (Lipinski definition) is 1. The van der Waals surface area contributed by atoms with Gasteiger partial charge in [-0.05, 0) is 92.4 Å². The fraction of sp³-hybridized carbons (Fsp3) is 0.158. The number of aromatic nitrogens is 2. The van der Waals surface area contributed by atoms with Crippen LogP contribution in [0.25, 0.3) is 32.0 Å². The zero-order chi connectivity index (χ0) is 35.2. The topological polar surface area (TPSA) is 89.2 Å². The number of nitrogen functional groups attached to an aromatic ring is 1. The zero-order valence-corrected chi connectivity index (χ0v) is 29.3. The fourth-order valence-corrected chi connectivity index (χ4v) is 6.92. The number of pyridine rings is 1. The van der Waals surface area contributed by atoms with E-state index in [0.717, 1.165) is 44.9 Å². The van der Waals surface area contributed by atoms with E-state index in [1.165, 1.54) is 22.7 Å². The van der Waals surface area contributed by atoms with Crippen LogP contribution in [0.1, 0.15) is 30.1 Å². The quantitative estimate of drug-likeness (QED) is 0.197. The van der Waals surface area contributed by atoms with Crippen LogP contribution in [0, 0.1) is 0 Å². The molecule has 0 saturated carbocycles. The summed E-state index contributed by atoms with van der Waals surface area (Å²) in [5, 5.41) is 3.53. The maximum Gasteiger partial charge on any atom is 0.253 e. The third-order valence-corrected chi connectivity index (χ3v) is 9.39. The summed E-state index contributed by atoms with van der Waals surface area (Å²) >= 11 is 2.91. The summed E-state index contributed by atoms with van der Waals surface area (Å²) in [6.45, 7) is 21.3. The summed E-state index contributed by atoms with van der Waals surface area (Å²) < 4.78 is 13.6. The Bertz CT molecular complexity index is 1980. The monoisotopic (exact) mass is 676 g/mol. The molecule has 0 saturated heterocycles. The maximum atomic E-state index is 12.9. The Morgan fingerprint density at radius 3 is 1.98 bits per heavy atom. The van der Waals surface area contributed by atoms with Crippen molar-refractivity contribution in [3.8, 4) is 21.8 Å². The molecule has 6 nitrogen and oxygen atoms in total. The lowest BCUT2D eigenvalue weighted by Gasteiger charge is -2.11. The fourth-order valence-electron chi connectivity index (χ4n) is 3.53. The third-order valence-electron chi connectivity index (χ3n) is 5.60. The van der Waals surface area contributed by atoms with Crippen molar-refractivity contribution in [3.05, 3.63) is 139 Å². The van der Waals surface area contributed by atoms with E-state index in [9.17, 15) is 9.00 Å². The number of carbonyl (C=O) groups excluding carboxylic acids is 1. The van der Waals surface area contributed by atoms with E-state index in [0.29, 0.717) is 21.2 Å². The van der Waals surface area contributed by atoms with Gasteiger partial charge in [-0.25, -0.2) is 9.97 Å². The summed E-state index contributed by atoms with van der Waals surface area (Å²) in [5.74, 6) is 0.535. The number of benzene rings is 1. The van der Waals surface area contributed by atoms with Crippen molar-refractivity contribution in [3.63, 3.8) is 0 Å². The molecule has 0 bridgehead atoms. The standard InChI is InChI=1S/C23H24N4O2S3.C6H4.C5H4.C4H4/c1-4-5-12-32(29)23-19(24)18-16(14-6-8-15(9-7-14)22(28)27(2)3)13-17(26-21(18)31-23)20-25-10-11-30-20;1-3-5-6-4-2;1-3-5-4-2;1-3-4-2/h6-11,13H,4-5,12,24H2,1-3H3;1-2H2;1-2H2;1-2H2. The highest BCUT2D eigenvalue weighted by atomic mass is 32.2. The van der Waals surface area contributed by atoms with Crippen molar-refractivity contribution < 1.29 is 9.00 Å². The molecule has 4 rings (SSSR count). The number of nitrogens with two attached hydrogens (primary N) is 1. The highest BCUT2D eigenvalue weighted by Crippen LogP contribution is 2.43. The van der Waals surface area contributed by atoms with Crippen molar-refractivity contribution in [1.82, 2.24) is 14.9 Å². The summed E-state index contributed by atoms with van der Waals surface area (Å²) in [5.41, 5.74) is 31.5. The number of nitrogens with zero attached hydrogens (tertiary/aromatic N) is 3. The van der Waals surface area contributed by atoms with Gasteiger partial charge in [-0.2, -0.15) is 0 Å². The lowest BCUT2D eigenvalue weighted by molar-refractivity contribution is 0.0827. The lowest BCUT2D eigenvalue weighted by atomic mass is 10.0. The minimum atomic E-state index is -1.16. The first kappa shape index (κ1) is 39.6. The van der Waals surface area contributed by atoms with E-state index in [1.807, 2.05) is 35.7 Å². The Morgan fingerprint density at radius 1 is 0.936 bits per heavy atom.